The molecule has 3 rings (SSSR count). The molecule has 0 aromatic heterocycles. The van der Waals surface area contributed by atoms with Crippen molar-refractivity contribution in [3.63, 3.8) is 0 Å². The molecule has 16 amide bonds. The molecule has 135 heavy (non-hydrogen) atoms. The molecule has 41 N–H and O–H groups in total. The molecule has 0 aliphatic carbocycles. The number of primary amides is 1. The van der Waals surface area contributed by atoms with E-state index in [1.165, 1.54) is 62.4 Å². The Hall–Kier alpha value is -12.0. The molecule has 1 saturated heterocycles. The lowest BCUT2D eigenvalue weighted by atomic mass is 9.97. The summed E-state index contributed by atoms with van der Waals surface area (Å²) in [5.74, 6) is -20.7. The number of thiol groups is 2. The Kier molecular flexibility index (Phi) is 51.1. The molecule has 19 atom stereocenters. The van der Waals surface area contributed by atoms with Gasteiger partial charge >= 0.3 is 5.97 Å². The number of aromatic hydroxyl groups is 2. The summed E-state index contributed by atoms with van der Waals surface area (Å²) in [6.07, 6.45) is -5.55. The summed E-state index contributed by atoms with van der Waals surface area (Å²) in [6, 6.07) is -14.5. The van der Waals surface area contributed by atoms with Crippen molar-refractivity contribution in [3.05, 3.63) is 59.7 Å². The van der Waals surface area contributed by atoms with Gasteiger partial charge in [-0.25, -0.2) is 4.79 Å². The Balaban J connectivity index is 1.92. The van der Waals surface area contributed by atoms with Crippen LogP contribution < -0.4 is 137 Å². The van der Waals surface area contributed by atoms with Gasteiger partial charge in [0.15, 0.2) is 11.9 Å². The number of carbonyl (C=O) groups excluding carboxylic acids is 16. The number of benzene rings is 2. The smallest absolute Gasteiger partial charge is 0.326 e. The Morgan fingerprint density at radius 3 is 1.22 bits per heavy atom. The summed E-state index contributed by atoms with van der Waals surface area (Å²) < 4.78 is -1.62. The number of guanidine groups is 2. The largest absolute Gasteiger partial charge is 0.508 e. The molecule has 0 saturated carbocycles. The summed E-state index contributed by atoms with van der Waals surface area (Å²) in [7, 11) is 0. The highest BCUT2D eigenvalue weighted by molar-refractivity contribution is 7.81. The van der Waals surface area contributed by atoms with Crippen LogP contribution in [0.4, 0.5) is 0 Å². The van der Waals surface area contributed by atoms with E-state index in [2.05, 4.69) is 110 Å². The van der Waals surface area contributed by atoms with Crippen molar-refractivity contribution in [2.75, 3.05) is 58.1 Å². The number of aliphatic carboxylic acids is 1. The minimum atomic E-state index is -2.00. The molecule has 50 nitrogen and oxygen atoms in total. The van der Waals surface area contributed by atoms with E-state index >= 15 is 0 Å². The zero-order valence-corrected chi connectivity index (χ0v) is 78.6. The Labute approximate surface area is 792 Å². The molecule has 2 aromatic rings. The van der Waals surface area contributed by atoms with Gasteiger partial charge in [-0.3, -0.25) is 87.5 Å². The van der Waals surface area contributed by atoms with Crippen molar-refractivity contribution in [2.24, 2.45) is 63.4 Å². The van der Waals surface area contributed by atoms with Gasteiger partial charge in [-0.1, -0.05) is 58.4 Å². The Bertz CT molecular complexity index is 4330. The Morgan fingerprint density at radius 2 is 0.830 bits per heavy atom. The number of carboxylic acid groups (broad SMARTS) is 1. The van der Waals surface area contributed by atoms with Gasteiger partial charge in [-0.15, -0.1) is 0 Å². The van der Waals surface area contributed by atoms with Gasteiger partial charge in [0.1, 0.15) is 102 Å². The van der Waals surface area contributed by atoms with E-state index in [0.717, 1.165) is 11.8 Å². The summed E-state index contributed by atoms with van der Waals surface area (Å²) in [6.45, 7) is 8.92. The van der Waals surface area contributed by atoms with E-state index in [-0.39, 0.29) is 134 Å². The topological polar surface area (TPSA) is 869 Å². The number of aliphatic hydroxyl groups excluding tert-OH is 2. The van der Waals surface area contributed by atoms with Crippen LogP contribution in [0.25, 0.3) is 0 Å². The van der Waals surface area contributed by atoms with Crippen LogP contribution in [0.3, 0.4) is 0 Å². The third-order valence-electron chi connectivity index (χ3n) is 21.8. The molecule has 52 heteroatoms. The monoisotopic (exact) mass is 1950 g/mol. The van der Waals surface area contributed by atoms with E-state index in [9.17, 15) is 107 Å². The van der Waals surface area contributed by atoms with Crippen LogP contribution in [-0.2, 0) is 94.3 Å². The van der Waals surface area contributed by atoms with Crippen molar-refractivity contribution in [2.45, 2.75) is 258 Å². The highest BCUT2D eigenvalue weighted by Gasteiger charge is 2.45. The predicted molar refractivity (Wildman–Crippen MR) is 500 cm³/mol. The number of amides is 16. The number of nitrogens with one attached hydrogen (secondary N) is 18. The molecule has 1 heterocycles. The lowest BCUT2D eigenvalue weighted by Crippen LogP contribution is -2.64. The minimum absolute atomic E-state index is 0.0418. The number of carbonyl (C=O) groups is 17. The molecular formula is C83H140N28O22S2. The third kappa shape index (κ3) is 40.6. The highest BCUT2D eigenvalue weighted by atomic mass is 32.1. The number of phenols is 2. The van der Waals surface area contributed by atoms with E-state index in [1.807, 2.05) is 0 Å². The van der Waals surface area contributed by atoms with E-state index in [1.54, 1.807) is 27.7 Å². The number of hydrogen-bond donors (Lipinski definition) is 34. The quantitative estimate of drug-likeness (QED) is 0.0127. The lowest BCUT2D eigenvalue weighted by molar-refractivity contribution is -0.142. The average Bonchev–Trinajstić information content (AvgIpc) is 1.68. The fourth-order valence-corrected chi connectivity index (χ4v) is 14.2. The zero-order chi connectivity index (χ0) is 102. The van der Waals surface area contributed by atoms with Crippen LogP contribution in [0, 0.1) is 22.7 Å². The molecule has 1 fully saturated rings. The van der Waals surface area contributed by atoms with Gasteiger partial charge in [-0.2, -0.15) is 25.3 Å². The maximum absolute atomic E-state index is 14.8. The highest BCUT2D eigenvalue weighted by Crippen LogP contribution is 2.24. The molecular weight excluding hydrogens is 1810 g/mol. The molecule has 0 radical (unpaired) electrons. The fraction of sp³-hybridized carbons (Fsp3) is 0.627. The van der Waals surface area contributed by atoms with Crippen LogP contribution in [0.5, 0.6) is 11.5 Å². The SMILES string of the molecule is CC[C@H](C)[C@H](NC(=O)[C@@H]1C[C@@H](O)CN1C(=O)[C@@H](N)C(C)C)C(=O)N[C@@H](CN)C(=O)N[C@@H](Cc1ccc(O)cc1)C(=O)N[C@H](C(=O)N[C@@H](CC(N)=O)C(=O)N[C@@H](CCCNC(=N)N)C(=O)N[C@@H](CCN)C(=O)N[C@H](C(=O)N[C@H](CCN)C(=O)N[C@@H](CCCCN)C(=O)N[C@@H](CS)C(=O)N[C@@H](CCN)C(=O)N[C@@H](CCCNC(=N)N)C(=O)N[C@@H](Cc1ccc(O)cc1)C(=O)O)[C@@H](C)O)C(C)(C)S. The van der Waals surface area contributed by atoms with Crippen molar-refractivity contribution in [1.82, 2.24) is 90.0 Å². The standard InChI is InChI=1S/C83H140N28O22S2/c1-8-41(4)62(108-75(127)59-35-47(115)38-111(59)79(131)61(90)40(2)3)76(128)106-57(37-88)73(125)103-54(33-43-16-20-45(113)21-17-43)72(124)110-64(83(6,7)135)78(130)104-55(36-60(89)116)71(123)99-49(14-11-31-95-81(91)92)65(117)100-53(26-30-87)70(122)109-63(42(5)112)77(129)102-52(25-29-86)69(121)97-48(13-9-10-27-84)67(119)107-58(39-134)74(126)101-51(24-28-85)68(120)98-50(15-12-32-96-82(93)94)66(118)105-56(80(132)133)34-44-18-22-46(114)23-19-44/h16-23,40-42,47-59,61-64,112-115,134-135H,8-15,24-39,84-88,90H2,1-7H3,(H2,89,116)(H,97,121)(H,98,120)(H,99,123)(H,100,117)(H,101,126)(H,102,129)(H,103,125)(H,104,130)(H,105,118)(H,106,128)(H,107,119)(H,108,127)(H,109,122)(H,110,124)(H,132,133)(H4,91,92,95)(H4,93,94,96)/t41-,42+,47+,48-,49-,50-,51-,52+,53-,54-,55-,56-,57-,58-,59-,61-,62-,63-,64+/m0/s1. The van der Waals surface area contributed by atoms with Crippen molar-refractivity contribution >= 4 is 138 Å². The normalized spacial score (nSPS) is 16.8. The maximum Gasteiger partial charge on any atom is 0.326 e. The number of hydrogen-bond acceptors (Lipinski definition) is 31. The van der Waals surface area contributed by atoms with Crippen LogP contribution >= 0.6 is 25.3 Å². The van der Waals surface area contributed by atoms with E-state index in [0.29, 0.717) is 24.0 Å². The number of carboxylic acids is 1. The van der Waals surface area contributed by atoms with Gasteiger partial charge in [0.25, 0.3) is 0 Å². The summed E-state index contributed by atoms with van der Waals surface area (Å²) >= 11 is 8.86. The minimum Gasteiger partial charge on any atom is -0.508 e. The number of rotatable bonds is 61. The maximum atomic E-state index is 14.8. The van der Waals surface area contributed by atoms with E-state index in [4.69, 9.17) is 62.4 Å². The number of β-amino-alcohol motifs (C(OH)–C–C–N with tert-alkyl or cyclic N) is 1. The van der Waals surface area contributed by atoms with Crippen molar-refractivity contribution < 1.29 is 107 Å². The van der Waals surface area contributed by atoms with Gasteiger partial charge in [0, 0.05) is 55.9 Å². The molecule has 2 aromatic carbocycles. The Morgan fingerprint density at radius 1 is 0.467 bits per heavy atom. The van der Waals surface area contributed by atoms with Gasteiger partial charge in [-0.05, 0) is 158 Å². The molecule has 756 valence electrons. The summed E-state index contributed by atoms with van der Waals surface area (Å²) in [5, 5.41) is 107. The number of phenolic OH excluding ortho intramolecular Hbond substituents is 2. The molecule has 0 spiro atoms. The first-order chi connectivity index (χ1) is 63.5. The first kappa shape index (κ1) is 117. The molecule has 1 aliphatic heterocycles. The number of nitrogens with two attached hydrogens (primary N) is 9. The summed E-state index contributed by atoms with van der Waals surface area (Å²) in [4.78, 5) is 241. The van der Waals surface area contributed by atoms with Crippen LogP contribution in [0.2, 0.25) is 0 Å². The fourth-order valence-electron chi connectivity index (χ4n) is 13.8. The van der Waals surface area contributed by atoms with Crippen LogP contribution in [-0.4, -0.2) is 315 Å². The second-order valence-electron chi connectivity index (χ2n) is 33.7. The second kappa shape index (κ2) is 59.0. The lowest BCUT2D eigenvalue weighted by Gasteiger charge is -2.33. The first-order valence-electron chi connectivity index (χ1n) is 44.2. The third-order valence-corrected chi connectivity index (χ3v) is 22.4. The summed E-state index contributed by atoms with van der Waals surface area (Å²) in [5.41, 5.74) is 53.1. The van der Waals surface area contributed by atoms with Gasteiger partial charge in [0.05, 0.1) is 24.7 Å². The molecule has 0 unspecified atom stereocenters. The van der Waals surface area contributed by atoms with Crippen LogP contribution in [0.1, 0.15) is 143 Å². The van der Waals surface area contributed by atoms with Crippen molar-refractivity contribution in [3.8, 4) is 11.5 Å². The number of unbranched alkanes of at least 4 members (excludes halogenated alkanes) is 1. The number of nitrogens with zero attached hydrogens (tertiary/aromatic N) is 1. The number of aliphatic hydroxyl groups is 2. The van der Waals surface area contributed by atoms with Crippen LogP contribution in [0.15, 0.2) is 48.5 Å². The van der Waals surface area contributed by atoms with Gasteiger partial charge in [0.2, 0.25) is 94.5 Å². The van der Waals surface area contributed by atoms with E-state index < -0.39 is 257 Å². The zero-order valence-electron chi connectivity index (χ0n) is 76.9. The average molecular weight is 1950 g/mol. The first-order valence-corrected chi connectivity index (χ1v) is 45.3. The molecule has 0 bridgehead atoms. The van der Waals surface area contributed by atoms with Gasteiger partial charge < -0.3 is 167 Å². The second-order valence-corrected chi connectivity index (χ2v) is 35.2. The molecule has 1 aliphatic rings. The predicted octanol–water partition coefficient (Wildman–Crippen LogP) is -10.7. The number of likely N-dealkylation sites (tertiary alicyclic amines) is 1. The van der Waals surface area contributed by atoms with Crippen molar-refractivity contribution in [1.29, 1.82) is 10.8 Å².